The summed E-state index contributed by atoms with van der Waals surface area (Å²) in [6.45, 7) is 5.11. The van der Waals surface area contributed by atoms with Crippen LogP contribution in [0.5, 0.6) is 0 Å². The molecule has 4 heteroatoms. The summed E-state index contributed by atoms with van der Waals surface area (Å²) in [7, 11) is 0. The first-order valence-corrected chi connectivity index (χ1v) is 8.23. The summed E-state index contributed by atoms with van der Waals surface area (Å²) in [5.41, 5.74) is 7.60. The number of nitrogens with two attached hydrogens (primary N) is 1. The van der Waals surface area contributed by atoms with E-state index in [0.29, 0.717) is 6.42 Å². The van der Waals surface area contributed by atoms with Gasteiger partial charge in [-0.05, 0) is 49.1 Å². The molecule has 0 aromatic heterocycles. The van der Waals surface area contributed by atoms with Crippen molar-refractivity contribution < 1.29 is 4.79 Å². The van der Waals surface area contributed by atoms with Gasteiger partial charge in [0.1, 0.15) is 0 Å². The number of anilines is 1. The van der Waals surface area contributed by atoms with Gasteiger partial charge in [-0.3, -0.25) is 4.79 Å². The molecule has 2 unspecified atom stereocenters. The molecule has 1 amide bonds. The van der Waals surface area contributed by atoms with Crippen LogP contribution in [-0.4, -0.2) is 23.0 Å². The van der Waals surface area contributed by atoms with Crippen LogP contribution in [0, 0.1) is 0 Å². The van der Waals surface area contributed by atoms with Crippen molar-refractivity contribution in [2.45, 2.75) is 43.8 Å². The number of hydrogen-bond acceptors (Lipinski definition) is 3. The lowest BCUT2D eigenvalue weighted by Gasteiger charge is -2.23. The van der Waals surface area contributed by atoms with Gasteiger partial charge in [-0.15, -0.1) is 0 Å². The molecule has 0 radical (unpaired) electrons. The normalized spacial score (nSPS) is 23.5. The number of thioether (sulfide) groups is 1. The van der Waals surface area contributed by atoms with Gasteiger partial charge in [0.15, 0.2) is 0 Å². The molecule has 1 aliphatic heterocycles. The van der Waals surface area contributed by atoms with Crippen LogP contribution in [0.1, 0.15) is 44.6 Å². The fraction of sp³-hybridized carbons (Fsp3) is 0.562. The summed E-state index contributed by atoms with van der Waals surface area (Å²) in [6, 6.07) is 7.78. The molecule has 0 spiro atoms. The highest BCUT2D eigenvalue weighted by atomic mass is 32.2. The summed E-state index contributed by atoms with van der Waals surface area (Å²) in [5, 5.41) is 3.09. The zero-order valence-corrected chi connectivity index (χ0v) is 13.1. The number of hydrogen-bond donors (Lipinski definition) is 2. The second-order valence-corrected chi connectivity index (χ2v) is 7.63. The van der Waals surface area contributed by atoms with Crippen molar-refractivity contribution in [3.05, 3.63) is 29.8 Å². The molecule has 2 atom stereocenters. The van der Waals surface area contributed by atoms with E-state index in [-0.39, 0.29) is 16.6 Å². The third-order valence-corrected chi connectivity index (χ3v) is 5.50. The van der Waals surface area contributed by atoms with E-state index >= 15 is 0 Å². The van der Waals surface area contributed by atoms with Crippen molar-refractivity contribution in [1.29, 1.82) is 0 Å². The van der Waals surface area contributed by atoms with E-state index in [2.05, 4.69) is 19.2 Å². The van der Waals surface area contributed by atoms with Crippen LogP contribution in [-0.2, 0) is 4.79 Å². The summed E-state index contributed by atoms with van der Waals surface area (Å²) in [6.07, 6.45) is 3.00. The Morgan fingerprint density at radius 1 is 1.45 bits per heavy atom. The van der Waals surface area contributed by atoms with Crippen molar-refractivity contribution in [2.75, 3.05) is 18.0 Å². The maximum Gasteiger partial charge on any atom is 0.220 e. The molecule has 1 aromatic rings. The fourth-order valence-electron chi connectivity index (χ4n) is 2.55. The zero-order chi connectivity index (χ0) is 14.6. The molecule has 1 saturated heterocycles. The molecule has 0 saturated carbocycles. The maximum absolute atomic E-state index is 12.0. The third-order valence-electron chi connectivity index (χ3n) is 3.96. The number of carbonyl (C=O) groups is 1. The molecule has 2 rings (SSSR count). The van der Waals surface area contributed by atoms with E-state index in [1.165, 1.54) is 18.6 Å². The monoisotopic (exact) mass is 292 g/mol. The van der Waals surface area contributed by atoms with Crippen LogP contribution in [0.3, 0.4) is 0 Å². The van der Waals surface area contributed by atoms with Gasteiger partial charge in [-0.1, -0.05) is 19.1 Å². The van der Waals surface area contributed by atoms with Crippen LogP contribution >= 0.6 is 11.8 Å². The Bertz CT molecular complexity index is 452. The van der Waals surface area contributed by atoms with E-state index in [4.69, 9.17) is 5.73 Å². The number of nitrogen functional groups attached to an aromatic ring is 1. The number of rotatable bonds is 5. The lowest BCUT2D eigenvalue weighted by Crippen LogP contribution is -2.37. The molecular formula is C16H24N2OS. The molecule has 0 aliphatic carbocycles. The Balaban J connectivity index is 1.80. The lowest BCUT2D eigenvalue weighted by atomic mass is 9.97. The molecule has 0 bridgehead atoms. The Kier molecular flexibility index (Phi) is 4.97. The number of nitrogens with one attached hydrogen (secondary N) is 1. The standard InChI is InChI=1S/C16H24N2OS/c1-12(13-4-6-14(17)7-5-13)10-15(19)18-11-16(2)8-3-9-20-16/h4-7,12H,3,8-11,17H2,1-2H3,(H,18,19). The second kappa shape index (κ2) is 6.53. The first-order chi connectivity index (χ1) is 9.48. The Morgan fingerprint density at radius 3 is 2.75 bits per heavy atom. The van der Waals surface area contributed by atoms with E-state index in [0.717, 1.165) is 17.8 Å². The molecule has 110 valence electrons. The topological polar surface area (TPSA) is 55.1 Å². The van der Waals surface area contributed by atoms with Crippen LogP contribution in [0.4, 0.5) is 5.69 Å². The molecule has 3 N–H and O–H groups in total. The smallest absolute Gasteiger partial charge is 0.220 e. The van der Waals surface area contributed by atoms with Gasteiger partial charge in [0.2, 0.25) is 5.91 Å². The van der Waals surface area contributed by atoms with E-state index in [1.54, 1.807) is 0 Å². The summed E-state index contributed by atoms with van der Waals surface area (Å²) in [4.78, 5) is 12.0. The average molecular weight is 292 g/mol. The summed E-state index contributed by atoms with van der Waals surface area (Å²) >= 11 is 1.97. The highest BCUT2D eigenvalue weighted by Crippen LogP contribution is 2.37. The van der Waals surface area contributed by atoms with Gasteiger partial charge < -0.3 is 11.1 Å². The highest BCUT2D eigenvalue weighted by Gasteiger charge is 2.29. The summed E-state index contributed by atoms with van der Waals surface area (Å²) in [5.74, 6) is 1.58. The van der Waals surface area contributed by atoms with Crippen molar-refractivity contribution in [1.82, 2.24) is 5.32 Å². The minimum atomic E-state index is 0.142. The second-order valence-electron chi connectivity index (χ2n) is 5.95. The van der Waals surface area contributed by atoms with Crippen LogP contribution in [0.25, 0.3) is 0 Å². The molecule has 1 aromatic carbocycles. The SMILES string of the molecule is CC(CC(=O)NCC1(C)CCCS1)c1ccc(N)cc1. The molecule has 1 aliphatic rings. The van der Waals surface area contributed by atoms with E-state index in [9.17, 15) is 4.79 Å². The number of benzene rings is 1. The molecule has 1 fully saturated rings. The van der Waals surface area contributed by atoms with E-state index < -0.39 is 0 Å². The zero-order valence-electron chi connectivity index (χ0n) is 12.3. The van der Waals surface area contributed by atoms with Crippen molar-refractivity contribution in [3.63, 3.8) is 0 Å². The lowest BCUT2D eigenvalue weighted by molar-refractivity contribution is -0.121. The maximum atomic E-state index is 12.0. The minimum Gasteiger partial charge on any atom is -0.399 e. The highest BCUT2D eigenvalue weighted by molar-refractivity contribution is 8.00. The Labute approximate surface area is 125 Å². The van der Waals surface area contributed by atoms with Gasteiger partial charge >= 0.3 is 0 Å². The third kappa shape index (κ3) is 4.17. The predicted molar refractivity (Wildman–Crippen MR) is 87.0 cm³/mol. The first kappa shape index (κ1) is 15.2. The predicted octanol–water partition coefficient (Wildman–Crippen LogP) is 3.16. The fourth-order valence-corrected chi connectivity index (χ4v) is 3.80. The van der Waals surface area contributed by atoms with Crippen LogP contribution < -0.4 is 11.1 Å². The van der Waals surface area contributed by atoms with E-state index in [1.807, 2.05) is 36.0 Å². The van der Waals surface area contributed by atoms with Gasteiger partial charge in [0, 0.05) is 23.4 Å². The van der Waals surface area contributed by atoms with Crippen LogP contribution in [0.15, 0.2) is 24.3 Å². The number of amides is 1. The van der Waals surface area contributed by atoms with Gasteiger partial charge in [0.25, 0.3) is 0 Å². The van der Waals surface area contributed by atoms with Crippen molar-refractivity contribution in [3.8, 4) is 0 Å². The van der Waals surface area contributed by atoms with Crippen molar-refractivity contribution in [2.24, 2.45) is 0 Å². The van der Waals surface area contributed by atoms with Gasteiger partial charge in [-0.2, -0.15) is 11.8 Å². The first-order valence-electron chi connectivity index (χ1n) is 7.25. The molecule has 3 nitrogen and oxygen atoms in total. The Hall–Kier alpha value is -1.16. The van der Waals surface area contributed by atoms with Crippen LogP contribution in [0.2, 0.25) is 0 Å². The molecule has 1 heterocycles. The molecule has 20 heavy (non-hydrogen) atoms. The quantitative estimate of drug-likeness (QED) is 0.820. The average Bonchev–Trinajstić information content (AvgIpc) is 2.85. The largest absolute Gasteiger partial charge is 0.399 e. The minimum absolute atomic E-state index is 0.142. The summed E-state index contributed by atoms with van der Waals surface area (Å²) < 4.78 is 0.236. The Morgan fingerprint density at radius 2 is 2.15 bits per heavy atom. The van der Waals surface area contributed by atoms with Gasteiger partial charge in [-0.25, -0.2) is 0 Å². The number of carbonyl (C=O) groups excluding carboxylic acids is 1. The molecular weight excluding hydrogens is 268 g/mol. The van der Waals surface area contributed by atoms with Crippen molar-refractivity contribution >= 4 is 23.4 Å². The van der Waals surface area contributed by atoms with Gasteiger partial charge in [0.05, 0.1) is 0 Å².